The lowest BCUT2D eigenvalue weighted by atomic mass is 10.1. The molecule has 0 aromatic heterocycles. The van der Waals surface area contributed by atoms with Crippen LogP contribution in [0.15, 0.2) is 11.6 Å². The number of ether oxygens (including phenoxy) is 1. The van der Waals surface area contributed by atoms with Crippen molar-refractivity contribution in [3.8, 4) is 0 Å². The van der Waals surface area contributed by atoms with Gasteiger partial charge in [0, 0.05) is 0 Å². The zero-order chi connectivity index (χ0) is 10.5. The summed E-state index contributed by atoms with van der Waals surface area (Å²) in [6.45, 7) is 7.31. The smallest absolute Gasteiger partial charge is 0.308 e. The van der Waals surface area contributed by atoms with Gasteiger partial charge in [0.15, 0.2) is 0 Å². The van der Waals surface area contributed by atoms with Crippen LogP contribution < -0.4 is 0 Å². The summed E-state index contributed by atoms with van der Waals surface area (Å²) in [5.41, 5.74) is 0.123. The van der Waals surface area contributed by atoms with Crippen LogP contribution >= 0.6 is 0 Å². The first-order valence-electron chi connectivity index (χ1n) is 4.32. The van der Waals surface area contributed by atoms with Gasteiger partial charge in [0.05, 0.1) is 12.0 Å². The van der Waals surface area contributed by atoms with E-state index in [1.807, 2.05) is 19.9 Å². The first-order chi connectivity index (χ1) is 5.81. The van der Waals surface area contributed by atoms with Crippen molar-refractivity contribution in [1.29, 1.82) is 0 Å². The monoisotopic (exact) mass is 186 g/mol. The van der Waals surface area contributed by atoms with Crippen LogP contribution in [0.3, 0.4) is 0 Å². The molecule has 1 N–H and O–H groups in total. The topological polar surface area (TPSA) is 46.5 Å². The predicted octanol–water partition coefficient (Wildman–Crippen LogP) is 1.66. The Morgan fingerprint density at radius 1 is 1.46 bits per heavy atom. The van der Waals surface area contributed by atoms with Gasteiger partial charge in [0.2, 0.25) is 0 Å². The molecule has 0 aromatic carbocycles. The summed E-state index contributed by atoms with van der Waals surface area (Å²) in [6, 6.07) is 0. The van der Waals surface area contributed by atoms with Crippen LogP contribution in [-0.2, 0) is 9.53 Å². The van der Waals surface area contributed by atoms with Crippen molar-refractivity contribution in [3.63, 3.8) is 0 Å². The molecule has 0 aliphatic rings. The molecule has 0 unspecified atom stereocenters. The van der Waals surface area contributed by atoms with E-state index in [2.05, 4.69) is 0 Å². The predicted molar refractivity (Wildman–Crippen MR) is 51.3 cm³/mol. The van der Waals surface area contributed by atoms with Crippen LogP contribution in [0.5, 0.6) is 0 Å². The van der Waals surface area contributed by atoms with Crippen LogP contribution in [0.2, 0.25) is 0 Å². The van der Waals surface area contributed by atoms with Gasteiger partial charge in [0.25, 0.3) is 0 Å². The van der Waals surface area contributed by atoms with E-state index in [-0.39, 0.29) is 19.0 Å². The molecule has 0 heterocycles. The molecule has 0 aliphatic heterocycles. The Kier molecular flexibility index (Phi) is 4.70. The Morgan fingerprint density at radius 3 is 2.38 bits per heavy atom. The molecule has 0 bridgehead atoms. The van der Waals surface area contributed by atoms with Crippen LogP contribution in [0.1, 0.15) is 34.1 Å². The molecule has 0 aromatic rings. The summed E-state index contributed by atoms with van der Waals surface area (Å²) in [5, 5.41) is 9.28. The van der Waals surface area contributed by atoms with E-state index in [1.165, 1.54) is 0 Å². The maximum Gasteiger partial charge on any atom is 0.308 e. The molecular formula is C10H18O3. The molecule has 0 saturated carbocycles. The van der Waals surface area contributed by atoms with E-state index in [4.69, 9.17) is 4.74 Å². The summed E-state index contributed by atoms with van der Waals surface area (Å²) in [4.78, 5) is 11.0. The second kappa shape index (κ2) is 5.02. The van der Waals surface area contributed by atoms with Crippen molar-refractivity contribution in [1.82, 2.24) is 0 Å². The summed E-state index contributed by atoms with van der Waals surface area (Å²) in [7, 11) is 0. The Morgan fingerprint density at radius 2 is 2.00 bits per heavy atom. The van der Waals surface area contributed by atoms with Crippen LogP contribution in [-0.4, -0.2) is 23.3 Å². The molecule has 0 saturated heterocycles. The Bertz CT molecular complexity index is 195. The van der Waals surface area contributed by atoms with Gasteiger partial charge in [-0.15, -0.1) is 0 Å². The quantitative estimate of drug-likeness (QED) is 0.536. The largest absolute Gasteiger partial charge is 0.461 e. The lowest BCUT2D eigenvalue weighted by Gasteiger charge is -2.14. The van der Waals surface area contributed by atoms with Gasteiger partial charge < -0.3 is 9.84 Å². The van der Waals surface area contributed by atoms with E-state index < -0.39 is 5.60 Å². The summed E-state index contributed by atoms with van der Waals surface area (Å²) >= 11 is 0. The zero-order valence-corrected chi connectivity index (χ0v) is 8.76. The van der Waals surface area contributed by atoms with Crippen molar-refractivity contribution in [3.05, 3.63) is 11.6 Å². The van der Waals surface area contributed by atoms with Gasteiger partial charge in [0.1, 0.15) is 6.61 Å². The summed E-state index contributed by atoms with van der Waals surface area (Å²) in [6.07, 6.45) is 1.85. The molecule has 0 radical (unpaired) electrons. The lowest BCUT2D eigenvalue weighted by Crippen LogP contribution is -2.24. The maximum absolute atomic E-state index is 11.0. The normalized spacial score (nSPS) is 10.8. The van der Waals surface area contributed by atoms with Crippen molar-refractivity contribution < 1.29 is 14.6 Å². The number of esters is 1. The van der Waals surface area contributed by atoms with Gasteiger partial charge in [-0.05, 0) is 33.8 Å². The molecule has 0 fully saturated rings. The number of carbonyl (C=O) groups is 1. The van der Waals surface area contributed by atoms with Crippen LogP contribution in [0.4, 0.5) is 0 Å². The third kappa shape index (κ3) is 9.08. The molecule has 13 heavy (non-hydrogen) atoms. The van der Waals surface area contributed by atoms with Gasteiger partial charge in [-0.25, -0.2) is 0 Å². The van der Waals surface area contributed by atoms with E-state index in [0.29, 0.717) is 0 Å². The summed E-state index contributed by atoms with van der Waals surface area (Å²) in [5.74, 6) is -0.370. The summed E-state index contributed by atoms with van der Waals surface area (Å²) < 4.78 is 4.85. The van der Waals surface area contributed by atoms with E-state index in [1.54, 1.807) is 13.8 Å². The molecule has 0 rings (SSSR count). The minimum absolute atomic E-state index is 0.0314. The second-order valence-corrected chi connectivity index (χ2v) is 3.95. The highest BCUT2D eigenvalue weighted by atomic mass is 16.5. The number of aliphatic hydroxyl groups is 1. The average Bonchev–Trinajstić information content (AvgIpc) is 1.81. The first kappa shape index (κ1) is 12.2. The second-order valence-electron chi connectivity index (χ2n) is 3.95. The molecule has 0 aliphatic carbocycles. The van der Waals surface area contributed by atoms with Crippen LogP contribution in [0, 0.1) is 0 Å². The van der Waals surface area contributed by atoms with Crippen molar-refractivity contribution in [2.45, 2.75) is 39.7 Å². The average molecular weight is 186 g/mol. The van der Waals surface area contributed by atoms with Gasteiger partial charge in [-0.3, -0.25) is 4.79 Å². The number of allylic oxidation sites excluding steroid dienone is 1. The Labute approximate surface area is 79.4 Å². The minimum atomic E-state index is -0.984. The molecule has 76 valence electrons. The third-order valence-corrected chi connectivity index (χ3v) is 1.31. The molecular weight excluding hydrogens is 168 g/mol. The number of hydrogen-bond acceptors (Lipinski definition) is 3. The zero-order valence-electron chi connectivity index (χ0n) is 8.76. The van der Waals surface area contributed by atoms with Crippen molar-refractivity contribution >= 4 is 5.97 Å². The maximum atomic E-state index is 11.0. The first-order valence-corrected chi connectivity index (χ1v) is 4.32. The minimum Gasteiger partial charge on any atom is -0.461 e. The standard InChI is InChI=1S/C10H18O3/c1-8(2)5-6-13-9(11)7-10(3,4)12/h5,12H,6-7H2,1-4H3. The Balaban J connectivity index is 3.71. The number of carbonyl (C=O) groups excluding carboxylic acids is 1. The number of hydrogen-bond donors (Lipinski definition) is 1. The lowest BCUT2D eigenvalue weighted by molar-refractivity contribution is -0.146. The van der Waals surface area contributed by atoms with E-state index in [9.17, 15) is 9.90 Å². The van der Waals surface area contributed by atoms with E-state index in [0.717, 1.165) is 5.57 Å². The molecule has 0 amide bonds. The highest BCUT2D eigenvalue weighted by Crippen LogP contribution is 2.07. The fraction of sp³-hybridized carbons (Fsp3) is 0.700. The molecule has 0 atom stereocenters. The Hall–Kier alpha value is -0.830. The molecule has 3 heteroatoms. The fourth-order valence-electron chi connectivity index (χ4n) is 0.706. The fourth-order valence-corrected chi connectivity index (χ4v) is 0.706. The third-order valence-electron chi connectivity index (χ3n) is 1.31. The highest BCUT2D eigenvalue weighted by Gasteiger charge is 2.18. The van der Waals surface area contributed by atoms with Gasteiger partial charge in [-0.1, -0.05) is 5.57 Å². The molecule has 0 spiro atoms. The SMILES string of the molecule is CC(C)=CCOC(=O)CC(C)(C)O. The van der Waals surface area contributed by atoms with E-state index >= 15 is 0 Å². The van der Waals surface area contributed by atoms with Gasteiger partial charge in [-0.2, -0.15) is 0 Å². The molecule has 3 nitrogen and oxygen atoms in total. The van der Waals surface area contributed by atoms with Crippen LogP contribution in [0.25, 0.3) is 0 Å². The van der Waals surface area contributed by atoms with Gasteiger partial charge >= 0.3 is 5.97 Å². The highest BCUT2D eigenvalue weighted by molar-refractivity contribution is 5.70. The van der Waals surface area contributed by atoms with Crippen molar-refractivity contribution in [2.75, 3.05) is 6.61 Å². The van der Waals surface area contributed by atoms with Crippen molar-refractivity contribution in [2.24, 2.45) is 0 Å². The number of rotatable bonds is 4.